The van der Waals surface area contributed by atoms with Crippen LogP contribution in [0.5, 0.6) is 0 Å². The molecule has 2 rings (SSSR count). The zero-order valence-electron chi connectivity index (χ0n) is 12.3. The summed E-state index contributed by atoms with van der Waals surface area (Å²) in [5, 5.41) is 2.96. The van der Waals surface area contributed by atoms with Crippen molar-refractivity contribution in [2.45, 2.75) is 26.2 Å². The second-order valence-electron chi connectivity index (χ2n) is 5.44. The predicted molar refractivity (Wildman–Crippen MR) is 96.4 cm³/mol. The summed E-state index contributed by atoms with van der Waals surface area (Å²) in [6.45, 7) is 4.31. The summed E-state index contributed by atoms with van der Waals surface area (Å²) >= 11 is 2.25. The lowest BCUT2D eigenvalue weighted by Crippen LogP contribution is -2.18. The minimum atomic E-state index is 0.0755. The summed E-state index contributed by atoms with van der Waals surface area (Å²) in [7, 11) is 0. The molecular weight excluding hydrogens is 373 g/mol. The van der Waals surface area contributed by atoms with E-state index in [1.54, 1.807) is 0 Å². The maximum Gasteiger partial charge on any atom is 0.224 e. The van der Waals surface area contributed by atoms with Crippen molar-refractivity contribution in [3.05, 3.63) is 63.7 Å². The van der Waals surface area contributed by atoms with E-state index in [0.29, 0.717) is 18.3 Å². The van der Waals surface area contributed by atoms with Crippen LogP contribution in [0.25, 0.3) is 0 Å². The molecule has 1 N–H and O–H groups in total. The number of halogens is 1. The minimum Gasteiger partial charge on any atom is -0.326 e. The number of rotatable bonds is 5. The molecule has 2 aromatic carbocycles. The topological polar surface area (TPSA) is 29.1 Å². The van der Waals surface area contributed by atoms with E-state index < -0.39 is 0 Å². The third-order valence-corrected chi connectivity index (χ3v) is 4.53. The Morgan fingerprint density at radius 3 is 2.29 bits per heavy atom. The number of benzene rings is 2. The Balaban J connectivity index is 1.91. The van der Waals surface area contributed by atoms with Crippen molar-refractivity contribution in [3.63, 3.8) is 0 Å². The highest BCUT2D eigenvalue weighted by molar-refractivity contribution is 14.1. The molecule has 0 aliphatic heterocycles. The number of carbonyl (C=O) groups excluding carboxylic acids is 1. The molecule has 0 aromatic heterocycles. The quantitative estimate of drug-likeness (QED) is 0.707. The van der Waals surface area contributed by atoms with Crippen LogP contribution in [0.1, 0.15) is 31.7 Å². The van der Waals surface area contributed by atoms with Gasteiger partial charge in [-0.3, -0.25) is 4.79 Å². The summed E-state index contributed by atoms with van der Waals surface area (Å²) in [5.74, 6) is 0.747. The molecular formula is C18H20INO. The van der Waals surface area contributed by atoms with Crippen molar-refractivity contribution < 1.29 is 4.79 Å². The Hall–Kier alpha value is -1.36. The fourth-order valence-electron chi connectivity index (χ4n) is 2.30. The molecule has 0 unspecified atom stereocenters. The molecule has 0 saturated heterocycles. The highest BCUT2D eigenvalue weighted by atomic mass is 127. The molecule has 2 aromatic rings. The van der Waals surface area contributed by atoms with Gasteiger partial charge >= 0.3 is 0 Å². The molecule has 110 valence electrons. The first kappa shape index (κ1) is 16.0. The Morgan fingerprint density at radius 2 is 1.67 bits per heavy atom. The summed E-state index contributed by atoms with van der Waals surface area (Å²) in [4.78, 5) is 12.1. The predicted octanol–water partition coefficient (Wildman–Crippen LogP) is 5.06. The maximum absolute atomic E-state index is 12.1. The first-order chi connectivity index (χ1) is 10.1. The van der Waals surface area contributed by atoms with Gasteiger partial charge in [-0.15, -0.1) is 0 Å². The Labute approximate surface area is 140 Å². The number of nitrogens with one attached hydrogen (secondary N) is 1. The first-order valence-electron chi connectivity index (χ1n) is 7.16. The molecule has 0 fully saturated rings. The van der Waals surface area contributed by atoms with Crippen LogP contribution in [0.2, 0.25) is 0 Å². The molecule has 0 aliphatic rings. The zero-order chi connectivity index (χ0) is 15.2. The van der Waals surface area contributed by atoms with Crippen LogP contribution in [0.4, 0.5) is 5.69 Å². The van der Waals surface area contributed by atoms with Gasteiger partial charge in [0.1, 0.15) is 0 Å². The van der Waals surface area contributed by atoms with Gasteiger partial charge in [0.05, 0.1) is 0 Å². The monoisotopic (exact) mass is 393 g/mol. The maximum atomic E-state index is 12.1. The highest BCUT2D eigenvalue weighted by Crippen LogP contribution is 2.26. The molecule has 1 amide bonds. The number of hydrogen-bond donors (Lipinski definition) is 1. The lowest BCUT2D eigenvalue weighted by Gasteiger charge is -2.20. The fraction of sp³-hybridized carbons (Fsp3) is 0.278. The Kier molecular flexibility index (Phi) is 5.79. The number of carbonyl (C=O) groups is 1. The molecule has 0 heterocycles. The van der Waals surface area contributed by atoms with Gasteiger partial charge in [-0.05, 0) is 64.3 Å². The normalized spacial score (nSPS) is 13.5. The van der Waals surface area contributed by atoms with Crippen molar-refractivity contribution in [1.82, 2.24) is 0 Å². The van der Waals surface area contributed by atoms with Crippen molar-refractivity contribution >= 4 is 34.2 Å². The van der Waals surface area contributed by atoms with Crippen molar-refractivity contribution in [2.24, 2.45) is 5.92 Å². The average Bonchev–Trinajstić information content (AvgIpc) is 2.49. The molecule has 0 bridgehead atoms. The van der Waals surface area contributed by atoms with Crippen LogP contribution in [-0.2, 0) is 4.79 Å². The first-order valence-corrected chi connectivity index (χ1v) is 8.24. The van der Waals surface area contributed by atoms with Crippen molar-refractivity contribution in [2.75, 3.05) is 5.32 Å². The SMILES string of the molecule is C[C@@H](CC(=O)Nc1ccc(I)cc1)[C@@H](C)c1ccccc1. The standard InChI is InChI=1S/C18H20INO/c1-13(14(2)15-6-4-3-5-7-15)12-18(21)20-17-10-8-16(19)9-11-17/h3-11,13-14H,12H2,1-2H3,(H,20,21)/t13-,14+/m0/s1. The van der Waals surface area contributed by atoms with Gasteiger partial charge in [0, 0.05) is 15.7 Å². The molecule has 21 heavy (non-hydrogen) atoms. The van der Waals surface area contributed by atoms with Gasteiger partial charge in [-0.1, -0.05) is 44.2 Å². The molecule has 0 spiro atoms. The second-order valence-corrected chi connectivity index (χ2v) is 6.68. The van der Waals surface area contributed by atoms with Crippen LogP contribution < -0.4 is 5.32 Å². The van der Waals surface area contributed by atoms with E-state index >= 15 is 0 Å². The lowest BCUT2D eigenvalue weighted by atomic mass is 9.86. The third kappa shape index (κ3) is 4.84. The van der Waals surface area contributed by atoms with Gasteiger partial charge < -0.3 is 5.32 Å². The van der Waals surface area contributed by atoms with E-state index in [1.807, 2.05) is 42.5 Å². The third-order valence-electron chi connectivity index (χ3n) is 3.81. The fourth-order valence-corrected chi connectivity index (χ4v) is 2.66. The molecule has 0 aliphatic carbocycles. The van der Waals surface area contributed by atoms with Gasteiger partial charge in [0.25, 0.3) is 0 Å². The summed E-state index contributed by atoms with van der Waals surface area (Å²) in [6, 6.07) is 18.2. The van der Waals surface area contributed by atoms with E-state index in [9.17, 15) is 4.79 Å². The molecule has 0 saturated carbocycles. The summed E-state index contributed by atoms with van der Waals surface area (Å²) < 4.78 is 1.16. The number of hydrogen-bond acceptors (Lipinski definition) is 1. The van der Waals surface area contributed by atoms with Crippen LogP contribution in [0.3, 0.4) is 0 Å². The molecule has 2 nitrogen and oxygen atoms in total. The Morgan fingerprint density at radius 1 is 1.05 bits per heavy atom. The van der Waals surface area contributed by atoms with Crippen LogP contribution in [-0.4, -0.2) is 5.91 Å². The van der Waals surface area contributed by atoms with Crippen molar-refractivity contribution in [3.8, 4) is 0 Å². The minimum absolute atomic E-state index is 0.0755. The van der Waals surface area contributed by atoms with Crippen LogP contribution in [0.15, 0.2) is 54.6 Å². The van der Waals surface area contributed by atoms with Gasteiger partial charge in [-0.25, -0.2) is 0 Å². The van der Waals surface area contributed by atoms with E-state index in [4.69, 9.17) is 0 Å². The van der Waals surface area contributed by atoms with Crippen LogP contribution >= 0.6 is 22.6 Å². The summed E-state index contributed by atoms with van der Waals surface area (Å²) in [6.07, 6.45) is 0.530. The van der Waals surface area contributed by atoms with Gasteiger partial charge in [0.15, 0.2) is 0 Å². The van der Waals surface area contributed by atoms with Crippen molar-refractivity contribution in [1.29, 1.82) is 0 Å². The lowest BCUT2D eigenvalue weighted by molar-refractivity contribution is -0.117. The van der Waals surface area contributed by atoms with E-state index in [1.165, 1.54) is 5.56 Å². The van der Waals surface area contributed by atoms with Gasteiger partial charge in [0.2, 0.25) is 5.91 Å². The molecule has 3 heteroatoms. The molecule has 0 radical (unpaired) electrons. The average molecular weight is 393 g/mol. The van der Waals surface area contributed by atoms with Crippen LogP contribution in [0, 0.1) is 9.49 Å². The highest BCUT2D eigenvalue weighted by Gasteiger charge is 2.17. The van der Waals surface area contributed by atoms with E-state index in [2.05, 4.69) is 53.9 Å². The molecule has 2 atom stereocenters. The second kappa shape index (κ2) is 7.59. The Bertz CT molecular complexity index is 580. The van der Waals surface area contributed by atoms with Gasteiger partial charge in [-0.2, -0.15) is 0 Å². The smallest absolute Gasteiger partial charge is 0.224 e. The largest absolute Gasteiger partial charge is 0.326 e. The number of anilines is 1. The van der Waals surface area contributed by atoms with E-state index in [-0.39, 0.29) is 5.91 Å². The zero-order valence-corrected chi connectivity index (χ0v) is 14.5. The number of amides is 1. The summed E-state index contributed by atoms with van der Waals surface area (Å²) in [5.41, 5.74) is 2.15. The van der Waals surface area contributed by atoms with E-state index in [0.717, 1.165) is 9.26 Å².